The molecule has 1 aliphatic rings. The van der Waals surface area contributed by atoms with Gasteiger partial charge in [-0.15, -0.1) is 0 Å². The fourth-order valence-corrected chi connectivity index (χ4v) is 2.20. The molecular weight excluding hydrogens is 224 g/mol. The van der Waals surface area contributed by atoms with E-state index in [0.29, 0.717) is 5.02 Å². The van der Waals surface area contributed by atoms with Crippen LogP contribution in [0.15, 0.2) is 24.3 Å². The molecule has 0 saturated carbocycles. The number of rotatable bonds is 3. The Labute approximate surface area is 100 Å². The van der Waals surface area contributed by atoms with Gasteiger partial charge in [0.1, 0.15) is 0 Å². The lowest BCUT2D eigenvalue weighted by Gasteiger charge is -2.17. The number of benzene rings is 1. The summed E-state index contributed by atoms with van der Waals surface area (Å²) in [6.45, 7) is 3.59. The van der Waals surface area contributed by atoms with Crippen molar-refractivity contribution >= 4 is 23.2 Å². The van der Waals surface area contributed by atoms with Gasteiger partial charge in [-0.25, -0.2) is 0 Å². The van der Waals surface area contributed by atoms with Crippen LogP contribution in [-0.2, 0) is 4.79 Å². The summed E-state index contributed by atoms with van der Waals surface area (Å²) >= 11 is 5.91. The lowest BCUT2D eigenvalue weighted by molar-refractivity contribution is -0.118. The Kier molecular flexibility index (Phi) is 3.46. The molecule has 2 rings (SSSR count). The largest absolute Gasteiger partial charge is 0.311 e. The molecule has 1 aliphatic heterocycles. The van der Waals surface area contributed by atoms with E-state index in [-0.39, 0.29) is 11.9 Å². The SMILES string of the molecule is CCNC1CCN(c2cccc(Cl)c2)C1=O. The van der Waals surface area contributed by atoms with Crippen molar-refractivity contribution in [1.82, 2.24) is 5.32 Å². The quantitative estimate of drug-likeness (QED) is 0.874. The monoisotopic (exact) mass is 238 g/mol. The molecule has 0 aromatic heterocycles. The van der Waals surface area contributed by atoms with Crippen LogP contribution in [0.4, 0.5) is 5.69 Å². The van der Waals surface area contributed by atoms with Gasteiger partial charge in [-0.3, -0.25) is 4.79 Å². The molecule has 0 aliphatic carbocycles. The Morgan fingerprint density at radius 1 is 1.56 bits per heavy atom. The maximum atomic E-state index is 12.0. The molecule has 1 fully saturated rings. The number of hydrogen-bond donors (Lipinski definition) is 1. The van der Waals surface area contributed by atoms with Crippen molar-refractivity contribution in [2.24, 2.45) is 0 Å². The van der Waals surface area contributed by atoms with E-state index >= 15 is 0 Å². The van der Waals surface area contributed by atoms with Gasteiger partial charge in [0.05, 0.1) is 6.04 Å². The van der Waals surface area contributed by atoms with Crippen LogP contribution >= 0.6 is 11.6 Å². The maximum absolute atomic E-state index is 12.0. The number of carbonyl (C=O) groups excluding carboxylic acids is 1. The van der Waals surface area contributed by atoms with E-state index in [0.717, 1.165) is 25.2 Å². The van der Waals surface area contributed by atoms with Gasteiger partial charge in [0.15, 0.2) is 0 Å². The highest BCUT2D eigenvalue weighted by Gasteiger charge is 2.31. The van der Waals surface area contributed by atoms with Crippen LogP contribution in [0.2, 0.25) is 5.02 Å². The van der Waals surface area contributed by atoms with Gasteiger partial charge < -0.3 is 10.2 Å². The Balaban J connectivity index is 2.15. The molecule has 1 N–H and O–H groups in total. The summed E-state index contributed by atoms with van der Waals surface area (Å²) in [6.07, 6.45) is 0.860. The summed E-state index contributed by atoms with van der Waals surface area (Å²) in [6, 6.07) is 7.38. The summed E-state index contributed by atoms with van der Waals surface area (Å²) in [4.78, 5) is 13.8. The van der Waals surface area contributed by atoms with E-state index in [4.69, 9.17) is 11.6 Å². The number of likely N-dealkylation sites (N-methyl/N-ethyl adjacent to an activating group) is 1. The lowest BCUT2D eigenvalue weighted by Crippen LogP contribution is -2.38. The van der Waals surface area contributed by atoms with Gasteiger partial charge in [0.2, 0.25) is 5.91 Å². The molecule has 0 bridgehead atoms. The van der Waals surface area contributed by atoms with Crippen LogP contribution in [0.1, 0.15) is 13.3 Å². The number of halogens is 1. The molecule has 1 atom stereocenters. The van der Waals surface area contributed by atoms with Crippen molar-refractivity contribution in [2.45, 2.75) is 19.4 Å². The molecule has 1 saturated heterocycles. The average molecular weight is 239 g/mol. The molecule has 1 heterocycles. The van der Waals surface area contributed by atoms with Crippen molar-refractivity contribution in [3.05, 3.63) is 29.3 Å². The first-order valence-corrected chi connectivity index (χ1v) is 5.90. The number of hydrogen-bond acceptors (Lipinski definition) is 2. The smallest absolute Gasteiger partial charge is 0.244 e. The van der Waals surface area contributed by atoms with Crippen LogP contribution in [0.5, 0.6) is 0 Å². The molecule has 0 radical (unpaired) electrons. The first kappa shape index (κ1) is 11.4. The highest BCUT2D eigenvalue weighted by molar-refractivity contribution is 6.30. The summed E-state index contributed by atoms with van der Waals surface area (Å²) < 4.78 is 0. The summed E-state index contributed by atoms with van der Waals surface area (Å²) in [7, 11) is 0. The molecule has 1 unspecified atom stereocenters. The number of anilines is 1. The van der Waals surface area contributed by atoms with Crippen molar-refractivity contribution in [3.63, 3.8) is 0 Å². The third-order valence-corrected chi connectivity index (χ3v) is 3.01. The fraction of sp³-hybridized carbons (Fsp3) is 0.417. The van der Waals surface area contributed by atoms with Gasteiger partial charge in [-0.2, -0.15) is 0 Å². The molecule has 1 aromatic carbocycles. The summed E-state index contributed by atoms with van der Waals surface area (Å²) in [5.41, 5.74) is 0.887. The van der Waals surface area contributed by atoms with Crippen LogP contribution in [-0.4, -0.2) is 25.0 Å². The predicted octanol–water partition coefficient (Wildman–Crippen LogP) is 2.05. The van der Waals surface area contributed by atoms with Crippen molar-refractivity contribution in [1.29, 1.82) is 0 Å². The van der Waals surface area contributed by atoms with E-state index < -0.39 is 0 Å². The van der Waals surface area contributed by atoms with Gasteiger partial charge in [0.25, 0.3) is 0 Å². The summed E-state index contributed by atoms with van der Waals surface area (Å²) in [5, 5.41) is 3.85. The number of amides is 1. The van der Waals surface area contributed by atoms with E-state index in [2.05, 4.69) is 5.32 Å². The second-order valence-electron chi connectivity index (χ2n) is 3.87. The van der Waals surface area contributed by atoms with Gasteiger partial charge >= 0.3 is 0 Å². The molecular formula is C12H15ClN2O. The van der Waals surface area contributed by atoms with Crippen molar-refractivity contribution in [3.8, 4) is 0 Å². The zero-order chi connectivity index (χ0) is 11.5. The Bertz CT molecular complexity index is 394. The van der Waals surface area contributed by atoms with E-state index in [1.807, 2.05) is 31.2 Å². The van der Waals surface area contributed by atoms with Crippen LogP contribution in [0.25, 0.3) is 0 Å². The first-order chi connectivity index (χ1) is 7.72. The Hall–Kier alpha value is -1.06. The normalized spacial score (nSPS) is 20.5. The molecule has 1 aromatic rings. The van der Waals surface area contributed by atoms with Gasteiger partial charge in [-0.05, 0) is 31.2 Å². The average Bonchev–Trinajstić information content (AvgIpc) is 2.61. The van der Waals surface area contributed by atoms with E-state index in [1.54, 1.807) is 4.90 Å². The second kappa shape index (κ2) is 4.85. The third kappa shape index (κ3) is 2.20. The molecule has 1 amide bonds. The Morgan fingerprint density at radius 3 is 3.06 bits per heavy atom. The number of nitrogens with zero attached hydrogens (tertiary/aromatic N) is 1. The topological polar surface area (TPSA) is 32.3 Å². The van der Waals surface area contributed by atoms with Crippen LogP contribution in [0.3, 0.4) is 0 Å². The maximum Gasteiger partial charge on any atom is 0.244 e. The van der Waals surface area contributed by atoms with Gasteiger partial charge in [-0.1, -0.05) is 24.6 Å². The zero-order valence-electron chi connectivity index (χ0n) is 9.24. The number of nitrogens with one attached hydrogen (secondary N) is 1. The summed E-state index contributed by atoms with van der Waals surface area (Å²) in [5.74, 6) is 0.143. The molecule has 4 heteroatoms. The minimum atomic E-state index is -0.0380. The minimum absolute atomic E-state index is 0.0380. The second-order valence-corrected chi connectivity index (χ2v) is 4.31. The van der Waals surface area contributed by atoms with Crippen molar-refractivity contribution < 1.29 is 4.79 Å². The standard InChI is InChI=1S/C12H15ClN2O/c1-2-14-11-6-7-15(12(11)16)10-5-3-4-9(13)8-10/h3-5,8,11,14H,2,6-7H2,1H3. The lowest BCUT2D eigenvalue weighted by atomic mass is 10.2. The van der Waals surface area contributed by atoms with Crippen LogP contribution in [0, 0.1) is 0 Å². The molecule has 0 spiro atoms. The van der Waals surface area contributed by atoms with Crippen molar-refractivity contribution in [2.75, 3.05) is 18.0 Å². The number of carbonyl (C=O) groups is 1. The minimum Gasteiger partial charge on any atom is -0.311 e. The molecule has 16 heavy (non-hydrogen) atoms. The fourth-order valence-electron chi connectivity index (χ4n) is 2.02. The van der Waals surface area contributed by atoms with Crippen LogP contribution < -0.4 is 10.2 Å². The van der Waals surface area contributed by atoms with E-state index in [1.165, 1.54) is 0 Å². The van der Waals surface area contributed by atoms with Gasteiger partial charge in [0, 0.05) is 17.3 Å². The predicted molar refractivity (Wildman–Crippen MR) is 65.9 cm³/mol. The highest BCUT2D eigenvalue weighted by atomic mass is 35.5. The highest BCUT2D eigenvalue weighted by Crippen LogP contribution is 2.24. The molecule has 86 valence electrons. The Morgan fingerprint density at radius 2 is 2.38 bits per heavy atom. The third-order valence-electron chi connectivity index (χ3n) is 2.78. The van der Waals surface area contributed by atoms with E-state index in [9.17, 15) is 4.79 Å². The first-order valence-electron chi connectivity index (χ1n) is 5.52. The zero-order valence-corrected chi connectivity index (χ0v) is 10.00. The molecule has 3 nitrogen and oxygen atoms in total.